The molecule has 9 heteroatoms. The average Bonchev–Trinajstić information content (AvgIpc) is 3.18. The third kappa shape index (κ3) is 4.18. The molecular formula is C21H14ClN5O3. The molecule has 4 aromatic rings. The number of aromatic amines is 1. The Hall–Kier alpha value is -4.04. The lowest BCUT2D eigenvalue weighted by Gasteiger charge is -2.00. The van der Waals surface area contributed by atoms with E-state index in [-0.39, 0.29) is 5.69 Å². The number of hydrazone groups is 1. The molecule has 0 atom stereocenters. The number of carbonyl (C=O) groups excluding carboxylic acids is 1. The smallest absolute Gasteiger partial charge is 0.271 e. The van der Waals surface area contributed by atoms with Crippen LogP contribution in [-0.2, 0) is 0 Å². The Kier molecular flexibility index (Phi) is 5.23. The molecule has 0 aliphatic rings. The number of imidazole rings is 1. The van der Waals surface area contributed by atoms with Crippen molar-refractivity contribution in [3.05, 3.63) is 93.0 Å². The predicted octanol–water partition coefficient (Wildman–Crippen LogP) is 4.56. The third-order valence-corrected chi connectivity index (χ3v) is 4.60. The Bertz CT molecular complexity index is 1260. The summed E-state index contributed by atoms with van der Waals surface area (Å²) in [7, 11) is 0. The van der Waals surface area contributed by atoms with Gasteiger partial charge in [0, 0.05) is 28.3 Å². The first-order valence-corrected chi connectivity index (χ1v) is 9.21. The van der Waals surface area contributed by atoms with Crippen LogP contribution in [0.1, 0.15) is 15.9 Å². The van der Waals surface area contributed by atoms with Crippen LogP contribution in [0.5, 0.6) is 0 Å². The van der Waals surface area contributed by atoms with E-state index in [9.17, 15) is 14.9 Å². The van der Waals surface area contributed by atoms with Crippen LogP contribution < -0.4 is 5.43 Å². The van der Waals surface area contributed by atoms with Crippen molar-refractivity contribution in [3.8, 4) is 11.4 Å². The molecule has 1 amide bonds. The van der Waals surface area contributed by atoms with Crippen LogP contribution in [0.25, 0.3) is 22.4 Å². The van der Waals surface area contributed by atoms with E-state index in [0.29, 0.717) is 27.5 Å². The highest BCUT2D eigenvalue weighted by Crippen LogP contribution is 2.23. The molecule has 0 aliphatic heterocycles. The number of rotatable bonds is 5. The highest BCUT2D eigenvalue weighted by molar-refractivity contribution is 6.30. The topological polar surface area (TPSA) is 113 Å². The third-order valence-electron chi connectivity index (χ3n) is 4.35. The molecule has 8 nitrogen and oxygen atoms in total. The van der Waals surface area contributed by atoms with Gasteiger partial charge in [0.25, 0.3) is 11.6 Å². The summed E-state index contributed by atoms with van der Waals surface area (Å²) in [6.45, 7) is 0. The van der Waals surface area contributed by atoms with Crippen LogP contribution in [0.3, 0.4) is 0 Å². The Balaban J connectivity index is 1.47. The Morgan fingerprint density at radius 3 is 2.53 bits per heavy atom. The number of non-ortho nitro benzene ring substituents is 1. The molecule has 3 aromatic carbocycles. The molecule has 4 rings (SSSR count). The van der Waals surface area contributed by atoms with Gasteiger partial charge in [0.15, 0.2) is 0 Å². The minimum Gasteiger partial charge on any atom is -0.338 e. The van der Waals surface area contributed by atoms with E-state index >= 15 is 0 Å². The Morgan fingerprint density at radius 1 is 1.10 bits per heavy atom. The molecule has 0 aliphatic carbocycles. The number of nitrogens with zero attached hydrogens (tertiary/aromatic N) is 3. The van der Waals surface area contributed by atoms with Crippen molar-refractivity contribution in [2.24, 2.45) is 5.10 Å². The summed E-state index contributed by atoms with van der Waals surface area (Å²) in [4.78, 5) is 30.3. The average molecular weight is 420 g/mol. The summed E-state index contributed by atoms with van der Waals surface area (Å²) < 4.78 is 0. The number of hydrogen-bond acceptors (Lipinski definition) is 5. The first kappa shape index (κ1) is 19.3. The van der Waals surface area contributed by atoms with Gasteiger partial charge in [0.2, 0.25) is 0 Å². The predicted molar refractivity (Wildman–Crippen MR) is 115 cm³/mol. The van der Waals surface area contributed by atoms with E-state index in [2.05, 4.69) is 20.5 Å². The quantitative estimate of drug-likeness (QED) is 0.280. The van der Waals surface area contributed by atoms with Crippen LogP contribution >= 0.6 is 11.6 Å². The van der Waals surface area contributed by atoms with E-state index < -0.39 is 10.8 Å². The monoisotopic (exact) mass is 419 g/mol. The summed E-state index contributed by atoms with van der Waals surface area (Å²) in [5.41, 5.74) is 5.79. The fourth-order valence-corrected chi connectivity index (χ4v) is 2.93. The van der Waals surface area contributed by atoms with Gasteiger partial charge >= 0.3 is 0 Å². The second kappa shape index (κ2) is 8.14. The number of nitro benzene ring substituents is 1. The van der Waals surface area contributed by atoms with Crippen molar-refractivity contribution in [1.82, 2.24) is 15.4 Å². The van der Waals surface area contributed by atoms with Crippen LogP contribution in [-0.4, -0.2) is 27.0 Å². The van der Waals surface area contributed by atoms with Gasteiger partial charge in [-0.15, -0.1) is 0 Å². The zero-order valence-corrected chi connectivity index (χ0v) is 16.1. The molecule has 148 valence electrons. The summed E-state index contributed by atoms with van der Waals surface area (Å²) in [5, 5.41) is 15.2. The van der Waals surface area contributed by atoms with Crippen molar-refractivity contribution in [2.75, 3.05) is 0 Å². The number of aromatic nitrogens is 2. The van der Waals surface area contributed by atoms with Gasteiger partial charge < -0.3 is 4.98 Å². The molecule has 1 aromatic heterocycles. The number of carbonyl (C=O) groups is 1. The van der Waals surface area contributed by atoms with Gasteiger partial charge in [-0.05, 0) is 60.2 Å². The summed E-state index contributed by atoms with van der Waals surface area (Å²) >= 11 is 5.92. The van der Waals surface area contributed by atoms with Gasteiger partial charge in [-0.1, -0.05) is 11.6 Å². The van der Waals surface area contributed by atoms with Crippen LogP contribution in [0, 0.1) is 10.1 Å². The number of fused-ring (bicyclic) bond motifs is 1. The van der Waals surface area contributed by atoms with Crippen molar-refractivity contribution < 1.29 is 9.72 Å². The number of benzene rings is 3. The fraction of sp³-hybridized carbons (Fsp3) is 0. The number of H-pyrrole nitrogens is 1. The standard InChI is InChI=1S/C21H14ClN5O3/c22-16-6-3-14(4-7-16)20-24-18-10-5-15(11-19(18)25-20)21(28)26-23-12-13-1-8-17(9-2-13)27(29)30/h1-12H,(H,24,25)(H,26,28)/b23-12+. The molecular weight excluding hydrogens is 406 g/mol. The Morgan fingerprint density at radius 2 is 1.83 bits per heavy atom. The van der Waals surface area contributed by atoms with Gasteiger partial charge in [-0.3, -0.25) is 14.9 Å². The summed E-state index contributed by atoms with van der Waals surface area (Å²) in [6, 6.07) is 18.2. The number of halogens is 1. The minimum atomic E-state index is -0.480. The highest BCUT2D eigenvalue weighted by Gasteiger charge is 2.10. The second-order valence-corrected chi connectivity index (χ2v) is 6.81. The molecule has 0 fully saturated rings. The van der Waals surface area contributed by atoms with Gasteiger partial charge in [0.05, 0.1) is 22.2 Å². The SMILES string of the molecule is O=C(N/N=C/c1ccc([N+](=O)[O-])cc1)c1ccc2nc(-c3ccc(Cl)cc3)[nH]c2c1. The number of nitrogens with one attached hydrogen (secondary N) is 2. The van der Waals surface area contributed by atoms with Crippen LogP contribution in [0.4, 0.5) is 5.69 Å². The van der Waals surface area contributed by atoms with Gasteiger partial charge in [-0.2, -0.15) is 5.10 Å². The molecule has 0 unspecified atom stereocenters. The van der Waals surface area contributed by atoms with E-state index in [1.54, 1.807) is 42.5 Å². The van der Waals surface area contributed by atoms with E-state index in [0.717, 1.165) is 11.1 Å². The van der Waals surface area contributed by atoms with Gasteiger partial charge in [0.1, 0.15) is 5.82 Å². The number of amides is 1. The maximum absolute atomic E-state index is 12.4. The van der Waals surface area contributed by atoms with Crippen molar-refractivity contribution in [3.63, 3.8) is 0 Å². The zero-order valence-electron chi connectivity index (χ0n) is 15.4. The van der Waals surface area contributed by atoms with E-state index in [1.165, 1.54) is 18.3 Å². The first-order chi connectivity index (χ1) is 14.5. The molecule has 0 saturated heterocycles. The normalized spacial score (nSPS) is 11.1. The maximum atomic E-state index is 12.4. The molecule has 0 spiro atoms. The maximum Gasteiger partial charge on any atom is 0.271 e. The first-order valence-electron chi connectivity index (χ1n) is 8.83. The lowest BCUT2D eigenvalue weighted by molar-refractivity contribution is -0.384. The molecule has 30 heavy (non-hydrogen) atoms. The highest BCUT2D eigenvalue weighted by atomic mass is 35.5. The van der Waals surface area contributed by atoms with Crippen LogP contribution in [0.15, 0.2) is 71.8 Å². The van der Waals surface area contributed by atoms with Crippen molar-refractivity contribution in [1.29, 1.82) is 0 Å². The van der Waals surface area contributed by atoms with E-state index in [1.807, 2.05) is 12.1 Å². The van der Waals surface area contributed by atoms with Gasteiger partial charge in [-0.25, -0.2) is 10.4 Å². The number of nitro groups is 1. The molecule has 2 N–H and O–H groups in total. The zero-order chi connectivity index (χ0) is 21.1. The van der Waals surface area contributed by atoms with E-state index in [4.69, 9.17) is 11.6 Å². The molecule has 1 heterocycles. The number of hydrogen-bond donors (Lipinski definition) is 2. The largest absolute Gasteiger partial charge is 0.338 e. The second-order valence-electron chi connectivity index (χ2n) is 6.37. The Labute approximate surface area is 175 Å². The lowest BCUT2D eigenvalue weighted by atomic mass is 10.2. The van der Waals surface area contributed by atoms with Crippen molar-refractivity contribution in [2.45, 2.75) is 0 Å². The van der Waals surface area contributed by atoms with Crippen molar-refractivity contribution >= 4 is 40.4 Å². The lowest BCUT2D eigenvalue weighted by Crippen LogP contribution is -2.17. The minimum absolute atomic E-state index is 0.0120. The molecule has 0 bridgehead atoms. The summed E-state index contributed by atoms with van der Waals surface area (Å²) in [6.07, 6.45) is 1.41. The fourth-order valence-electron chi connectivity index (χ4n) is 2.81. The molecule has 0 saturated carbocycles. The summed E-state index contributed by atoms with van der Waals surface area (Å²) in [5.74, 6) is 0.285. The molecule has 0 radical (unpaired) electrons. The van der Waals surface area contributed by atoms with Crippen LogP contribution in [0.2, 0.25) is 5.02 Å².